The minimum absolute atomic E-state index is 0.0431. The molecule has 5 heteroatoms. The van der Waals surface area contributed by atoms with E-state index in [0.717, 1.165) is 11.3 Å². The highest BCUT2D eigenvalue weighted by molar-refractivity contribution is 14.1. The molecule has 0 aromatic heterocycles. The summed E-state index contributed by atoms with van der Waals surface area (Å²) in [5, 5.41) is 6.63. The van der Waals surface area contributed by atoms with Crippen LogP contribution >= 0.6 is 34.2 Å². The predicted molar refractivity (Wildman–Crippen MR) is 90.9 cm³/mol. The van der Waals surface area contributed by atoms with E-state index in [1.807, 2.05) is 48.5 Å². The van der Waals surface area contributed by atoms with Crippen LogP contribution in [0.5, 0.6) is 0 Å². The number of carbonyl (C=O) groups excluding carboxylic acids is 1. The van der Waals surface area contributed by atoms with E-state index < -0.39 is 0 Å². The molecule has 0 radical (unpaired) electrons. The molecule has 0 aliphatic heterocycles. The first-order valence-electron chi connectivity index (χ1n) is 6.14. The minimum Gasteiger partial charge on any atom is -0.376 e. The molecule has 2 N–H and O–H groups in total. The lowest BCUT2D eigenvalue weighted by Gasteiger charge is -2.08. The van der Waals surface area contributed by atoms with E-state index in [1.165, 1.54) is 3.57 Å². The van der Waals surface area contributed by atoms with Gasteiger partial charge in [0.15, 0.2) is 0 Å². The van der Waals surface area contributed by atoms with E-state index in [-0.39, 0.29) is 12.5 Å². The average Bonchev–Trinajstić information content (AvgIpc) is 2.46. The third-order valence-electron chi connectivity index (χ3n) is 2.70. The van der Waals surface area contributed by atoms with Crippen LogP contribution in [-0.2, 0) is 11.3 Å². The zero-order valence-electron chi connectivity index (χ0n) is 10.7. The second-order valence-electron chi connectivity index (χ2n) is 4.26. The standard InChI is InChI=1S/C15H14ClIN2O/c16-12-3-1-11(2-4-12)9-19-15(20)10-18-14-7-5-13(17)6-8-14/h1-8,18H,9-10H2,(H,19,20). The molecule has 0 spiro atoms. The second-order valence-corrected chi connectivity index (χ2v) is 5.95. The Morgan fingerprint density at radius 1 is 1.05 bits per heavy atom. The Labute approximate surface area is 136 Å². The number of hydrogen-bond acceptors (Lipinski definition) is 2. The number of halogens is 2. The number of hydrogen-bond donors (Lipinski definition) is 2. The topological polar surface area (TPSA) is 41.1 Å². The first-order valence-corrected chi connectivity index (χ1v) is 7.60. The zero-order valence-corrected chi connectivity index (χ0v) is 13.6. The molecule has 0 fully saturated rings. The first-order chi connectivity index (χ1) is 9.63. The summed E-state index contributed by atoms with van der Waals surface area (Å²) in [4.78, 5) is 11.7. The fourth-order valence-electron chi connectivity index (χ4n) is 1.62. The summed E-state index contributed by atoms with van der Waals surface area (Å²) < 4.78 is 1.17. The molecule has 0 aliphatic rings. The largest absolute Gasteiger partial charge is 0.376 e. The fraction of sp³-hybridized carbons (Fsp3) is 0.133. The van der Waals surface area contributed by atoms with E-state index in [0.29, 0.717) is 11.6 Å². The molecule has 0 saturated heterocycles. The van der Waals surface area contributed by atoms with E-state index in [2.05, 4.69) is 33.2 Å². The van der Waals surface area contributed by atoms with Crippen LogP contribution in [0.3, 0.4) is 0 Å². The Balaban J connectivity index is 1.75. The highest BCUT2D eigenvalue weighted by Crippen LogP contribution is 2.11. The molecular formula is C15H14ClIN2O. The van der Waals surface area contributed by atoms with Gasteiger partial charge >= 0.3 is 0 Å². The van der Waals surface area contributed by atoms with Crippen molar-refractivity contribution >= 4 is 45.8 Å². The molecule has 0 heterocycles. The number of benzene rings is 2. The van der Waals surface area contributed by atoms with Gasteiger partial charge < -0.3 is 10.6 Å². The lowest BCUT2D eigenvalue weighted by molar-refractivity contribution is -0.119. The quantitative estimate of drug-likeness (QED) is 0.752. The molecule has 0 saturated carbocycles. The minimum atomic E-state index is -0.0431. The average molecular weight is 401 g/mol. The van der Waals surface area contributed by atoms with Crippen LogP contribution in [-0.4, -0.2) is 12.5 Å². The first kappa shape index (κ1) is 15.1. The summed E-state index contributed by atoms with van der Waals surface area (Å²) in [5.74, 6) is -0.0431. The van der Waals surface area contributed by atoms with Crippen molar-refractivity contribution in [3.05, 3.63) is 62.7 Å². The summed E-state index contributed by atoms with van der Waals surface area (Å²) in [7, 11) is 0. The number of anilines is 1. The van der Waals surface area contributed by atoms with E-state index in [9.17, 15) is 4.79 Å². The molecule has 0 atom stereocenters. The Bertz CT molecular complexity index is 518. The smallest absolute Gasteiger partial charge is 0.239 e. The molecule has 104 valence electrons. The van der Waals surface area contributed by atoms with Gasteiger partial charge in [-0.3, -0.25) is 4.79 Å². The van der Waals surface area contributed by atoms with Gasteiger partial charge in [-0.1, -0.05) is 23.7 Å². The number of nitrogens with one attached hydrogen (secondary N) is 2. The van der Waals surface area contributed by atoms with Gasteiger partial charge in [-0.2, -0.15) is 0 Å². The SMILES string of the molecule is O=C(CNc1ccc(I)cc1)NCc1ccc(Cl)cc1. The predicted octanol–water partition coefficient (Wildman–Crippen LogP) is 3.67. The van der Waals surface area contributed by atoms with Gasteiger partial charge in [0.1, 0.15) is 0 Å². The van der Waals surface area contributed by atoms with Crippen LogP contribution in [0.4, 0.5) is 5.69 Å². The third-order valence-corrected chi connectivity index (χ3v) is 3.67. The summed E-state index contributed by atoms with van der Waals surface area (Å²) in [6.07, 6.45) is 0. The van der Waals surface area contributed by atoms with Crippen molar-refractivity contribution < 1.29 is 4.79 Å². The van der Waals surface area contributed by atoms with Crippen molar-refractivity contribution in [3.8, 4) is 0 Å². The molecule has 0 aliphatic carbocycles. The van der Waals surface area contributed by atoms with Crippen molar-refractivity contribution in [2.24, 2.45) is 0 Å². The fourth-order valence-corrected chi connectivity index (χ4v) is 2.10. The molecule has 2 rings (SSSR count). The maximum atomic E-state index is 11.7. The Hall–Kier alpha value is -1.27. The molecule has 1 amide bonds. The van der Waals surface area contributed by atoms with E-state index >= 15 is 0 Å². The van der Waals surface area contributed by atoms with Gasteiger partial charge in [-0.05, 0) is 64.6 Å². The highest BCUT2D eigenvalue weighted by atomic mass is 127. The van der Waals surface area contributed by atoms with Crippen LogP contribution in [0.2, 0.25) is 5.02 Å². The molecule has 2 aromatic rings. The van der Waals surface area contributed by atoms with E-state index in [1.54, 1.807) is 0 Å². The maximum absolute atomic E-state index is 11.7. The number of carbonyl (C=O) groups is 1. The summed E-state index contributed by atoms with van der Waals surface area (Å²) in [5.41, 5.74) is 1.96. The monoisotopic (exact) mass is 400 g/mol. The summed E-state index contributed by atoms with van der Waals surface area (Å²) in [6.45, 7) is 0.762. The van der Waals surface area contributed by atoms with Gasteiger partial charge in [0.25, 0.3) is 0 Å². The zero-order chi connectivity index (χ0) is 14.4. The van der Waals surface area contributed by atoms with Gasteiger partial charge in [0.2, 0.25) is 5.91 Å². The Morgan fingerprint density at radius 2 is 1.70 bits per heavy atom. The van der Waals surface area contributed by atoms with Crippen molar-refractivity contribution in [1.82, 2.24) is 5.32 Å². The van der Waals surface area contributed by atoms with Crippen molar-refractivity contribution in [3.63, 3.8) is 0 Å². The molecule has 20 heavy (non-hydrogen) atoms. The van der Waals surface area contributed by atoms with Crippen LogP contribution in [0.1, 0.15) is 5.56 Å². The Kier molecular flexibility index (Phi) is 5.67. The third kappa shape index (κ3) is 5.02. The summed E-state index contributed by atoms with van der Waals surface area (Å²) >= 11 is 8.05. The van der Waals surface area contributed by atoms with Gasteiger partial charge in [0.05, 0.1) is 6.54 Å². The summed E-state index contributed by atoms with van der Waals surface area (Å²) in [6, 6.07) is 15.3. The maximum Gasteiger partial charge on any atom is 0.239 e. The van der Waals surface area contributed by atoms with Gasteiger partial charge in [-0.15, -0.1) is 0 Å². The van der Waals surface area contributed by atoms with Crippen LogP contribution in [0.15, 0.2) is 48.5 Å². The van der Waals surface area contributed by atoms with Crippen LogP contribution < -0.4 is 10.6 Å². The second kappa shape index (κ2) is 7.50. The molecule has 2 aromatic carbocycles. The lowest BCUT2D eigenvalue weighted by atomic mass is 10.2. The van der Waals surface area contributed by atoms with Crippen LogP contribution in [0.25, 0.3) is 0 Å². The Morgan fingerprint density at radius 3 is 2.35 bits per heavy atom. The van der Waals surface area contributed by atoms with Gasteiger partial charge in [0, 0.05) is 20.8 Å². The highest BCUT2D eigenvalue weighted by Gasteiger charge is 2.01. The normalized spacial score (nSPS) is 10.1. The number of rotatable bonds is 5. The molecule has 0 bridgehead atoms. The van der Waals surface area contributed by atoms with Crippen molar-refractivity contribution in [2.75, 3.05) is 11.9 Å². The number of amides is 1. The van der Waals surface area contributed by atoms with Crippen LogP contribution in [0, 0.1) is 3.57 Å². The van der Waals surface area contributed by atoms with E-state index in [4.69, 9.17) is 11.6 Å². The van der Waals surface area contributed by atoms with Crippen molar-refractivity contribution in [2.45, 2.75) is 6.54 Å². The van der Waals surface area contributed by atoms with Gasteiger partial charge in [-0.25, -0.2) is 0 Å². The lowest BCUT2D eigenvalue weighted by Crippen LogP contribution is -2.29. The molecule has 0 unspecified atom stereocenters. The van der Waals surface area contributed by atoms with Crippen molar-refractivity contribution in [1.29, 1.82) is 0 Å². The molecule has 3 nitrogen and oxygen atoms in total. The molecular weight excluding hydrogens is 387 g/mol.